The first-order valence-corrected chi connectivity index (χ1v) is 7.29. The van der Waals surface area contributed by atoms with Gasteiger partial charge in [0.05, 0.1) is 26.9 Å². The van der Waals surface area contributed by atoms with E-state index in [0.717, 1.165) is 19.4 Å². The quantitative estimate of drug-likeness (QED) is 0.903. The number of carbonyl (C=O) groups excluding carboxylic acids is 1. The smallest absolute Gasteiger partial charge is 0.244 e. The number of anilines is 1. The average molecular weight is 308 g/mol. The lowest BCUT2D eigenvalue weighted by Crippen LogP contribution is -2.48. The van der Waals surface area contributed by atoms with Crippen LogP contribution >= 0.6 is 0 Å². The number of amides is 1. The van der Waals surface area contributed by atoms with Crippen LogP contribution in [0.1, 0.15) is 19.8 Å². The first-order chi connectivity index (χ1) is 10.5. The summed E-state index contributed by atoms with van der Waals surface area (Å²) in [7, 11) is 6.62. The Morgan fingerprint density at radius 1 is 1.18 bits per heavy atom. The van der Waals surface area contributed by atoms with Gasteiger partial charge in [-0.05, 0) is 33.4 Å². The molecule has 1 heterocycles. The highest BCUT2D eigenvalue weighted by atomic mass is 16.5. The molecule has 1 aromatic rings. The molecule has 1 N–H and O–H groups in total. The lowest BCUT2D eigenvalue weighted by molar-refractivity contribution is -0.124. The number of hydrogen-bond acceptors (Lipinski definition) is 5. The molecule has 1 atom stereocenters. The number of likely N-dealkylation sites (tertiary alicyclic amines) is 1. The van der Waals surface area contributed by atoms with E-state index in [9.17, 15) is 4.79 Å². The zero-order chi connectivity index (χ0) is 16.3. The summed E-state index contributed by atoms with van der Waals surface area (Å²) in [6.45, 7) is 2.90. The van der Waals surface area contributed by atoms with Crippen LogP contribution in [0.25, 0.3) is 0 Å². The van der Waals surface area contributed by atoms with Gasteiger partial charge in [-0.2, -0.15) is 0 Å². The van der Waals surface area contributed by atoms with Crippen molar-refractivity contribution in [3.63, 3.8) is 0 Å². The fourth-order valence-corrected chi connectivity index (χ4v) is 2.80. The Morgan fingerprint density at radius 2 is 1.77 bits per heavy atom. The summed E-state index contributed by atoms with van der Waals surface area (Å²) in [5, 5.41) is 2.96. The lowest BCUT2D eigenvalue weighted by atomic mass is 9.98. The number of rotatable bonds is 5. The minimum Gasteiger partial charge on any atom is -0.493 e. The van der Waals surface area contributed by atoms with E-state index in [0.29, 0.717) is 22.9 Å². The highest BCUT2D eigenvalue weighted by molar-refractivity contribution is 5.98. The van der Waals surface area contributed by atoms with E-state index in [1.165, 1.54) is 0 Å². The molecule has 2 rings (SSSR count). The Labute approximate surface area is 131 Å². The third kappa shape index (κ3) is 2.83. The second kappa shape index (κ2) is 6.44. The molecule has 0 radical (unpaired) electrons. The van der Waals surface area contributed by atoms with E-state index < -0.39 is 5.54 Å². The maximum absolute atomic E-state index is 12.6. The molecule has 1 aliphatic rings. The summed E-state index contributed by atoms with van der Waals surface area (Å²) in [5.74, 6) is 1.51. The van der Waals surface area contributed by atoms with E-state index >= 15 is 0 Å². The van der Waals surface area contributed by atoms with Gasteiger partial charge in [0.25, 0.3) is 0 Å². The predicted octanol–water partition coefficient (Wildman–Crippen LogP) is 2.14. The van der Waals surface area contributed by atoms with Crippen molar-refractivity contribution in [2.45, 2.75) is 25.3 Å². The number of nitrogens with zero attached hydrogens (tertiary/aromatic N) is 1. The number of ether oxygens (including phenoxy) is 3. The van der Waals surface area contributed by atoms with Gasteiger partial charge in [-0.1, -0.05) is 0 Å². The second-order valence-corrected chi connectivity index (χ2v) is 5.67. The Morgan fingerprint density at radius 3 is 2.18 bits per heavy atom. The first kappa shape index (κ1) is 16.4. The van der Waals surface area contributed by atoms with Crippen LogP contribution in [-0.4, -0.2) is 51.3 Å². The van der Waals surface area contributed by atoms with Crippen molar-refractivity contribution in [2.24, 2.45) is 0 Å². The Balaban J connectivity index is 2.28. The topological polar surface area (TPSA) is 60.0 Å². The minimum atomic E-state index is -0.486. The molecule has 0 spiro atoms. The fourth-order valence-electron chi connectivity index (χ4n) is 2.80. The van der Waals surface area contributed by atoms with Crippen molar-refractivity contribution in [3.05, 3.63) is 12.1 Å². The van der Waals surface area contributed by atoms with Gasteiger partial charge in [0, 0.05) is 17.8 Å². The Kier molecular flexibility index (Phi) is 4.81. The normalized spacial score (nSPS) is 21.5. The highest BCUT2D eigenvalue weighted by Crippen LogP contribution is 2.40. The summed E-state index contributed by atoms with van der Waals surface area (Å²) < 4.78 is 15.9. The molecule has 1 unspecified atom stereocenters. The van der Waals surface area contributed by atoms with E-state index in [-0.39, 0.29) is 5.91 Å². The zero-order valence-corrected chi connectivity index (χ0v) is 13.9. The molecule has 1 saturated heterocycles. The van der Waals surface area contributed by atoms with E-state index in [4.69, 9.17) is 14.2 Å². The molecule has 22 heavy (non-hydrogen) atoms. The average Bonchev–Trinajstić information content (AvgIpc) is 2.86. The summed E-state index contributed by atoms with van der Waals surface area (Å²) in [5.41, 5.74) is 0.140. The summed E-state index contributed by atoms with van der Waals surface area (Å²) >= 11 is 0. The SMILES string of the molecule is COc1cc(NC(=O)C2(C)CCCN2C)cc(OC)c1OC. The van der Waals surface area contributed by atoms with Gasteiger partial charge in [-0.3, -0.25) is 9.69 Å². The molecule has 0 aliphatic carbocycles. The summed E-state index contributed by atoms with van der Waals surface area (Å²) in [4.78, 5) is 14.7. The highest BCUT2D eigenvalue weighted by Gasteiger charge is 2.41. The summed E-state index contributed by atoms with van der Waals surface area (Å²) in [6, 6.07) is 3.47. The minimum absolute atomic E-state index is 0.0261. The predicted molar refractivity (Wildman–Crippen MR) is 85.0 cm³/mol. The fraction of sp³-hybridized carbons (Fsp3) is 0.562. The van der Waals surface area contributed by atoms with Gasteiger partial charge in [-0.25, -0.2) is 0 Å². The van der Waals surface area contributed by atoms with Crippen molar-refractivity contribution >= 4 is 11.6 Å². The van der Waals surface area contributed by atoms with Gasteiger partial charge >= 0.3 is 0 Å². The van der Waals surface area contributed by atoms with Crippen molar-refractivity contribution < 1.29 is 19.0 Å². The molecule has 0 bridgehead atoms. The molecule has 122 valence electrons. The van der Waals surface area contributed by atoms with Gasteiger partial charge < -0.3 is 19.5 Å². The molecule has 1 amide bonds. The molecule has 1 fully saturated rings. The Bertz CT molecular complexity index is 536. The number of benzene rings is 1. The number of hydrogen-bond donors (Lipinski definition) is 1. The second-order valence-electron chi connectivity index (χ2n) is 5.67. The monoisotopic (exact) mass is 308 g/mol. The van der Waals surface area contributed by atoms with Gasteiger partial charge in [0.2, 0.25) is 11.7 Å². The molecule has 0 saturated carbocycles. The molecule has 6 heteroatoms. The van der Waals surface area contributed by atoms with E-state index in [1.54, 1.807) is 33.5 Å². The lowest BCUT2D eigenvalue weighted by Gasteiger charge is -2.30. The van der Waals surface area contributed by atoms with Crippen LogP contribution in [0.5, 0.6) is 17.2 Å². The first-order valence-electron chi connectivity index (χ1n) is 7.29. The van der Waals surface area contributed by atoms with E-state index in [1.807, 2.05) is 14.0 Å². The molecular formula is C16H24N2O4. The Hall–Kier alpha value is -1.95. The number of nitrogens with one attached hydrogen (secondary N) is 1. The number of carbonyl (C=O) groups is 1. The van der Waals surface area contributed by atoms with Crippen LogP contribution in [0, 0.1) is 0 Å². The van der Waals surface area contributed by atoms with Crippen LogP contribution in [0.4, 0.5) is 5.69 Å². The van der Waals surface area contributed by atoms with Gasteiger partial charge in [0.1, 0.15) is 0 Å². The van der Waals surface area contributed by atoms with Crippen molar-refractivity contribution in [1.29, 1.82) is 0 Å². The number of likely N-dealkylation sites (N-methyl/N-ethyl adjacent to an activating group) is 1. The van der Waals surface area contributed by atoms with Crippen LogP contribution in [-0.2, 0) is 4.79 Å². The maximum atomic E-state index is 12.6. The molecular weight excluding hydrogens is 284 g/mol. The van der Waals surface area contributed by atoms with Crippen LogP contribution in [0.15, 0.2) is 12.1 Å². The third-order valence-electron chi connectivity index (χ3n) is 4.41. The standard InChI is InChI=1S/C16H24N2O4/c1-16(7-6-8-18(16)2)15(19)17-11-9-12(20-3)14(22-5)13(10-11)21-4/h9-10H,6-8H2,1-5H3,(H,17,19). The summed E-state index contributed by atoms with van der Waals surface area (Å²) in [6.07, 6.45) is 1.87. The van der Waals surface area contributed by atoms with Crippen molar-refractivity contribution in [1.82, 2.24) is 4.90 Å². The van der Waals surface area contributed by atoms with Crippen LogP contribution < -0.4 is 19.5 Å². The van der Waals surface area contributed by atoms with E-state index in [2.05, 4.69) is 10.2 Å². The molecule has 1 aliphatic heterocycles. The van der Waals surface area contributed by atoms with Crippen LogP contribution in [0.3, 0.4) is 0 Å². The molecule has 6 nitrogen and oxygen atoms in total. The molecule has 1 aromatic carbocycles. The molecule has 0 aromatic heterocycles. The largest absolute Gasteiger partial charge is 0.493 e. The van der Waals surface area contributed by atoms with Crippen molar-refractivity contribution in [3.8, 4) is 17.2 Å². The van der Waals surface area contributed by atoms with Gasteiger partial charge in [0.15, 0.2) is 11.5 Å². The van der Waals surface area contributed by atoms with Crippen molar-refractivity contribution in [2.75, 3.05) is 40.2 Å². The van der Waals surface area contributed by atoms with Gasteiger partial charge in [-0.15, -0.1) is 0 Å². The number of methoxy groups -OCH3 is 3. The maximum Gasteiger partial charge on any atom is 0.244 e. The van der Waals surface area contributed by atoms with Crippen LogP contribution in [0.2, 0.25) is 0 Å². The third-order valence-corrected chi connectivity index (χ3v) is 4.41. The zero-order valence-electron chi connectivity index (χ0n) is 13.9.